The molecule has 0 atom stereocenters. The molecule has 0 aromatic carbocycles. The van der Waals surface area contributed by atoms with Crippen molar-refractivity contribution in [3.8, 4) is 0 Å². The van der Waals surface area contributed by atoms with Crippen LogP contribution in [0, 0.1) is 5.41 Å². The summed E-state index contributed by atoms with van der Waals surface area (Å²) in [5.41, 5.74) is -0.742. The molecule has 8 heteroatoms. The van der Waals surface area contributed by atoms with Gasteiger partial charge in [-0.25, -0.2) is 0 Å². The van der Waals surface area contributed by atoms with Crippen molar-refractivity contribution < 1.29 is 14.7 Å². The summed E-state index contributed by atoms with van der Waals surface area (Å²) in [4.78, 5) is 23.1. The van der Waals surface area contributed by atoms with E-state index in [0.29, 0.717) is 18.9 Å². The minimum Gasteiger partial charge on any atom is -0.481 e. The van der Waals surface area contributed by atoms with Crippen LogP contribution in [0.1, 0.15) is 38.1 Å². The third-order valence-corrected chi connectivity index (χ3v) is 5.16. The highest BCUT2D eigenvalue weighted by Crippen LogP contribution is 2.40. The van der Waals surface area contributed by atoms with Crippen LogP contribution in [0.5, 0.6) is 0 Å². The lowest BCUT2D eigenvalue weighted by atomic mass is 9.69. The Kier molecular flexibility index (Phi) is 3.88. The van der Waals surface area contributed by atoms with E-state index in [1.807, 2.05) is 4.57 Å². The van der Waals surface area contributed by atoms with Gasteiger partial charge in [0.25, 0.3) is 0 Å². The molecular weight excluding hydrogens is 292 g/mol. The zero-order valence-electron chi connectivity index (χ0n) is 11.6. The monoisotopic (exact) mass is 310 g/mol. The molecule has 0 saturated heterocycles. The third-order valence-electron chi connectivity index (χ3n) is 4.20. The number of carboxylic acid groups (broad SMARTS) is 1. The first-order valence-electron chi connectivity index (χ1n) is 7.13. The molecule has 1 aromatic heterocycles. The number of nitrogens with zero attached hydrogens (tertiary/aromatic N) is 3. The maximum atomic E-state index is 11.9. The SMILES string of the molecule is O=C(CSc1nncn1C1CC1)NCC1(C(=O)O)CCC1. The van der Waals surface area contributed by atoms with Gasteiger partial charge in [0.1, 0.15) is 6.33 Å². The minimum absolute atomic E-state index is 0.155. The fourth-order valence-corrected chi connectivity index (χ4v) is 3.27. The van der Waals surface area contributed by atoms with E-state index >= 15 is 0 Å². The molecule has 1 amide bonds. The van der Waals surface area contributed by atoms with Crippen molar-refractivity contribution in [2.45, 2.75) is 43.3 Å². The van der Waals surface area contributed by atoms with Gasteiger partial charge in [0, 0.05) is 12.6 Å². The zero-order valence-corrected chi connectivity index (χ0v) is 12.4. The molecule has 21 heavy (non-hydrogen) atoms. The molecule has 2 fully saturated rings. The van der Waals surface area contributed by atoms with Gasteiger partial charge in [0.05, 0.1) is 11.2 Å². The maximum absolute atomic E-state index is 11.9. The number of hydrogen-bond donors (Lipinski definition) is 2. The number of thioether (sulfide) groups is 1. The largest absolute Gasteiger partial charge is 0.481 e. The van der Waals surface area contributed by atoms with Crippen LogP contribution in [0.3, 0.4) is 0 Å². The number of aliphatic carboxylic acids is 1. The number of amides is 1. The van der Waals surface area contributed by atoms with E-state index in [9.17, 15) is 14.7 Å². The van der Waals surface area contributed by atoms with E-state index in [0.717, 1.165) is 24.4 Å². The molecule has 2 N–H and O–H groups in total. The van der Waals surface area contributed by atoms with Crippen LogP contribution in [0.4, 0.5) is 0 Å². The topological polar surface area (TPSA) is 97.1 Å². The van der Waals surface area contributed by atoms with Crippen molar-refractivity contribution >= 4 is 23.6 Å². The highest BCUT2D eigenvalue weighted by Gasteiger charge is 2.44. The summed E-state index contributed by atoms with van der Waals surface area (Å²) >= 11 is 1.34. The highest BCUT2D eigenvalue weighted by atomic mass is 32.2. The van der Waals surface area contributed by atoms with Crippen molar-refractivity contribution in [3.63, 3.8) is 0 Å². The predicted molar refractivity (Wildman–Crippen MR) is 75.9 cm³/mol. The smallest absolute Gasteiger partial charge is 0.311 e. The number of carbonyl (C=O) groups excluding carboxylic acids is 1. The third kappa shape index (κ3) is 3.04. The van der Waals surface area contributed by atoms with Gasteiger partial charge in [0.2, 0.25) is 5.91 Å². The Balaban J connectivity index is 1.46. The Bertz CT molecular complexity index is 551. The summed E-state index contributed by atoms with van der Waals surface area (Å²) in [6.07, 6.45) is 6.18. The molecule has 2 saturated carbocycles. The Labute approximate surface area is 126 Å². The first kappa shape index (κ1) is 14.4. The Hall–Kier alpha value is -1.57. The van der Waals surface area contributed by atoms with Gasteiger partial charge in [-0.15, -0.1) is 10.2 Å². The number of aromatic nitrogens is 3. The highest BCUT2D eigenvalue weighted by molar-refractivity contribution is 7.99. The van der Waals surface area contributed by atoms with Gasteiger partial charge in [0.15, 0.2) is 5.16 Å². The van der Waals surface area contributed by atoms with E-state index < -0.39 is 11.4 Å². The standard InChI is InChI=1S/C13H18N4O3S/c18-10(14-7-13(11(19)20)4-1-5-13)6-21-12-16-15-8-17(12)9-2-3-9/h8-9H,1-7H2,(H,14,18)(H,19,20). The number of carbonyl (C=O) groups is 2. The number of carboxylic acids is 1. The minimum atomic E-state index is -0.810. The van der Waals surface area contributed by atoms with E-state index in [2.05, 4.69) is 15.5 Å². The van der Waals surface area contributed by atoms with Crippen molar-refractivity contribution in [3.05, 3.63) is 6.33 Å². The maximum Gasteiger partial charge on any atom is 0.311 e. The molecule has 0 bridgehead atoms. The van der Waals surface area contributed by atoms with E-state index in [1.165, 1.54) is 11.8 Å². The van der Waals surface area contributed by atoms with E-state index in [-0.39, 0.29) is 18.2 Å². The zero-order chi connectivity index (χ0) is 14.9. The summed E-state index contributed by atoms with van der Waals surface area (Å²) in [6.45, 7) is 0.219. The Morgan fingerprint density at radius 1 is 1.48 bits per heavy atom. The molecule has 0 radical (unpaired) electrons. The average molecular weight is 310 g/mol. The van der Waals surface area contributed by atoms with Gasteiger partial charge in [-0.05, 0) is 25.7 Å². The van der Waals surface area contributed by atoms with Crippen LogP contribution in [-0.2, 0) is 9.59 Å². The van der Waals surface area contributed by atoms with Crippen LogP contribution < -0.4 is 5.32 Å². The Morgan fingerprint density at radius 2 is 2.24 bits per heavy atom. The first-order chi connectivity index (χ1) is 10.1. The molecule has 0 unspecified atom stereocenters. The summed E-state index contributed by atoms with van der Waals surface area (Å²) in [6, 6.07) is 0.482. The van der Waals surface area contributed by atoms with Gasteiger partial charge < -0.3 is 15.0 Å². The second-order valence-corrected chi connectivity index (χ2v) is 6.70. The number of rotatable bonds is 7. The summed E-state index contributed by atoms with van der Waals surface area (Å²) in [5, 5.41) is 20.6. The molecule has 1 aromatic rings. The van der Waals surface area contributed by atoms with Crippen LogP contribution in [0.2, 0.25) is 0 Å². The summed E-state index contributed by atoms with van der Waals surface area (Å²) in [7, 11) is 0. The Morgan fingerprint density at radius 3 is 2.81 bits per heavy atom. The van der Waals surface area contributed by atoms with Crippen LogP contribution >= 0.6 is 11.8 Å². The lowest BCUT2D eigenvalue weighted by Gasteiger charge is -2.37. The molecule has 2 aliphatic carbocycles. The predicted octanol–water partition coefficient (Wildman–Crippen LogP) is 1.08. The summed E-state index contributed by atoms with van der Waals surface area (Å²) < 4.78 is 2.00. The molecule has 0 aliphatic heterocycles. The quantitative estimate of drug-likeness (QED) is 0.731. The summed E-state index contributed by atoms with van der Waals surface area (Å²) in [5.74, 6) is -0.728. The molecule has 114 valence electrons. The average Bonchev–Trinajstić information content (AvgIpc) is 3.13. The molecule has 7 nitrogen and oxygen atoms in total. The van der Waals surface area contributed by atoms with E-state index in [1.54, 1.807) is 6.33 Å². The second-order valence-electron chi connectivity index (χ2n) is 5.76. The van der Waals surface area contributed by atoms with Crippen molar-refractivity contribution in [2.24, 2.45) is 5.41 Å². The molecule has 1 heterocycles. The van der Waals surface area contributed by atoms with Gasteiger partial charge in [-0.2, -0.15) is 0 Å². The lowest BCUT2D eigenvalue weighted by Crippen LogP contribution is -2.47. The fourth-order valence-electron chi connectivity index (χ4n) is 2.46. The van der Waals surface area contributed by atoms with Crippen LogP contribution in [0.25, 0.3) is 0 Å². The first-order valence-corrected chi connectivity index (χ1v) is 8.12. The lowest BCUT2D eigenvalue weighted by molar-refractivity contribution is -0.154. The fraction of sp³-hybridized carbons (Fsp3) is 0.692. The normalized spacial score (nSPS) is 19.8. The second kappa shape index (κ2) is 5.67. The number of nitrogens with one attached hydrogen (secondary N) is 1. The van der Waals surface area contributed by atoms with Crippen molar-refractivity contribution in [1.82, 2.24) is 20.1 Å². The van der Waals surface area contributed by atoms with Crippen molar-refractivity contribution in [2.75, 3.05) is 12.3 Å². The van der Waals surface area contributed by atoms with Crippen molar-refractivity contribution in [1.29, 1.82) is 0 Å². The van der Waals surface area contributed by atoms with Gasteiger partial charge in [-0.1, -0.05) is 18.2 Å². The number of hydrogen-bond acceptors (Lipinski definition) is 5. The van der Waals surface area contributed by atoms with Crippen LogP contribution in [-0.4, -0.2) is 44.0 Å². The van der Waals surface area contributed by atoms with Gasteiger partial charge >= 0.3 is 5.97 Å². The molecular formula is C13H18N4O3S. The van der Waals surface area contributed by atoms with Crippen LogP contribution in [0.15, 0.2) is 11.5 Å². The van der Waals surface area contributed by atoms with Gasteiger partial charge in [-0.3, -0.25) is 9.59 Å². The molecule has 3 rings (SSSR count). The molecule has 0 spiro atoms. The van der Waals surface area contributed by atoms with E-state index in [4.69, 9.17) is 0 Å². The molecule has 2 aliphatic rings.